The molecule has 1 fully saturated rings. The zero-order valence-corrected chi connectivity index (χ0v) is 13.6. The zero-order valence-electron chi connectivity index (χ0n) is 13.6. The van der Waals surface area contributed by atoms with Gasteiger partial charge in [0.2, 0.25) is 5.91 Å². The molecule has 0 radical (unpaired) electrons. The van der Waals surface area contributed by atoms with Crippen LogP contribution in [0.5, 0.6) is 0 Å². The summed E-state index contributed by atoms with van der Waals surface area (Å²) in [6.45, 7) is 2.53. The van der Waals surface area contributed by atoms with Crippen molar-refractivity contribution in [2.75, 3.05) is 26.2 Å². The van der Waals surface area contributed by atoms with E-state index in [-0.39, 0.29) is 11.8 Å². The van der Waals surface area contributed by atoms with Gasteiger partial charge in [-0.1, -0.05) is 30.3 Å². The minimum absolute atomic E-state index is 0.0499. The molecule has 1 aromatic carbocycles. The maximum atomic E-state index is 12.4. The first kappa shape index (κ1) is 16.2. The lowest BCUT2D eigenvalue weighted by Gasteiger charge is -2.22. The lowest BCUT2D eigenvalue weighted by atomic mass is 10.1. The van der Waals surface area contributed by atoms with Crippen LogP contribution in [0.1, 0.15) is 28.9 Å². The van der Waals surface area contributed by atoms with E-state index in [1.165, 1.54) is 5.56 Å². The van der Waals surface area contributed by atoms with Gasteiger partial charge in [-0.25, -0.2) is 0 Å². The molecule has 3 rings (SSSR count). The number of carbonyl (C=O) groups excluding carboxylic acids is 2. The normalized spacial score (nSPS) is 15.2. The number of aryl methyl sites for hydroxylation is 1. The molecule has 0 aliphatic carbocycles. The van der Waals surface area contributed by atoms with Crippen LogP contribution < -0.4 is 0 Å². The Morgan fingerprint density at radius 1 is 1.00 bits per heavy atom. The van der Waals surface area contributed by atoms with Gasteiger partial charge in [-0.3, -0.25) is 14.7 Å². The largest absolute Gasteiger partial charge is 0.341 e. The van der Waals surface area contributed by atoms with E-state index in [1.54, 1.807) is 17.2 Å². The average Bonchev–Trinajstić information content (AvgIpc) is 3.04. The molecule has 2 heterocycles. The van der Waals surface area contributed by atoms with E-state index >= 15 is 0 Å². The Morgan fingerprint density at radius 2 is 1.75 bits per heavy atom. The second-order valence-electron chi connectivity index (χ2n) is 5.98. The van der Waals surface area contributed by atoms with Crippen LogP contribution in [0.3, 0.4) is 0 Å². The summed E-state index contributed by atoms with van der Waals surface area (Å²) in [5.74, 6) is 0.112. The molecule has 0 bridgehead atoms. The number of rotatable bonds is 4. The fraction of sp³-hybridized carbons (Fsp3) is 0.389. The van der Waals surface area contributed by atoms with Gasteiger partial charge in [-0.15, -0.1) is 0 Å². The Labute approximate surface area is 141 Å². The summed E-state index contributed by atoms with van der Waals surface area (Å²) in [4.78, 5) is 28.5. The monoisotopic (exact) mass is 326 g/mol. The molecular formula is C18H22N4O2. The highest BCUT2D eigenvalue weighted by Gasteiger charge is 2.23. The van der Waals surface area contributed by atoms with Gasteiger partial charge < -0.3 is 9.80 Å². The van der Waals surface area contributed by atoms with Crippen LogP contribution in [0.2, 0.25) is 0 Å². The number of aromatic amines is 1. The number of H-pyrrole nitrogens is 1. The first-order valence-electron chi connectivity index (χ1n) is 8.34. The van der Waals surface area contributed by atoms with E-state index in [0.29, 0.717) is 38.3 Å². The van der Waals surface area contributed by atoms with Crippen molar-refractivity contribution in [2.24, 2.45) is 0 Å². The smallest absolute Gasteiger partial charge is 0.271 e. The molecule has 2 aromatic rings. The standard InChI is InChI=1S/C18H22N4O2/c23-17(8-7-15-5-2-1-3-6-15)21-11-4-12-22(14-13-21)18(24)16-9-10-19-20-16/h1-3,5-6,9-10H,4,7-8,11-14H2,(H,19,20). The van der Waals surface area contributed by atoms with E-state index in [9.17, 15) is 9.59 Å². The molecule has 24 heavy (non-hydrogen) atoms. The molecule has 0 saturated carbocycles. The third kappa shape index (κ3) is 4.01. The number of hydrogen-bond donors (Lipinski definition) is 1. The van der Waals surface area contributed by atoms with Gasteiger partial charge in [0.25, 0.3) is 5.91 Å². The highest BCUT2D eigenvalue weighted by molar-refractivity contribution is 5.92. The minimum atomic E-state index is -0.0499. The van der Waals surface area contributed by atoms with Gasteiger partial charge in [0.15, 0.2) is 0 Å². The third-order valence-corrected chi connectivity index (χ3v) is 4.34. The zero-order chi connectivity index (χ0) is 16.8. The molecule has 6 nitrogen and oxygen atoms in total. The van der Waals surface area contributed by atoms with E-state index in [2.05, 4.69) is 10.2 Å². The average molecular weight is 326 g/mol. The van der Waals surface area contributed by atoms with Crippen LogP contribution in [-0.2, 0) is 11.2 Å². The molecular weight excluding hydrogens is 304 g/mol. The maximum absolute atomic E-state index is 12.4. The number of nitrogens with zero attached hydrogens (tertiary/aromatic N) is 3. The second kappa shape index (κ2) is 7.77. The highest BCUT2D eigenvalue weighted by atomic mass is 16.2. The van der Waals surface area contributed by atoms with E-state index < -0.39 is 0 Å². The van der Waals surface area contributed by atoms with E-state index in [4.69, 9.17) is 0 Å². The van der Waals surface area contributed by atoms with Crippen molar-refractivity contribution in [2.45, 2.75) is 19.3 Å². The van der Waals surface area contributed by atoms with Crippen molar-refractivity contribution in [1.82, 2.24) is 20.0 Å². The predicted molar refractivity (Wildman–Crippen MR) is 90.5 cm³/mol. The Hall–Kier alpha value is -2.63. The van der Waals surface area contributed by atoms with Crippen molar-refractivity contribution in [3.05, 3.63) is 53.9 Å². The SMILES string of the molecule is O=C(CCc1ccccc1)N1CCCN(C(=O)c2ccn[nH]2)CC1. The predicted octanol–water partition coefficient (Wildman–Crippen LogP) is 1.72. The molecule has 126 valence electrons. The Kier molecular flexibility index (Phi) is 5.25. The summed E-state index contributed by atoms with van der Waals surface area (Å²) in [5.41, 5.74) is 1.68. The summed E-state index contributed by atoms with van der Waals surface area (Å²) in [6.07, 6.45) is 3.65. The van der Waals surface area contributed by atoms with Crippen LogP contribution in [0.15, 0.2) is 42.6 Å². The van der Waals surface area contributed by atoms with Crippen LogP contribution in [0.4, 0.5) is 0 Å². The van der Waals surface area contributed by atoms with Gasteiger partial charge in [-0.05, 0) is 24.5 Å². The van der Waals surface area contributed by atoms with Crippen LogP contribution in [0, 0.1) is 0 Å². The van der Waals surface area contributed by atoms with Gasteiger partial charge in [-0.2, -0.15) is 5.10 Å². The van der Waals surface area contributed by atoms with E-state index in [0.717, 1.165) is 12.8 Å². The fourth-order valence-electron chi connectivity index (χ4n) is 2.97. The summed E-state index contributed by atoms with van der Waals surface area (Å²) in [6, 6.07) is 11.7. The molecule has 0 spiro atoms. The molecule has 1 aliphatic rings. The molecule has 2 amide bonds. The van der Waals surface area contributed by atoms with Gasteiger partial charge in [0.05, 0.1) is 0 Å². The lowest BCUT2D eigenvalue weighted by Crippen LogP contribution is -2.37. The molecule has 1 aromatic heterocycles. The van der Waals surface area contributed by atoms with Crippen molar-refractivity contribution < 1.29 is 9.59 Å². The van der Waals surface area contributed by atoms with Crippen LogP contribution in [-0.4, -0.2) is 58.0 Å². The quantitative estimate of drug-likeness (QED) is 0.930. The Balaban J connectivity index is 1.51. The number of nitrogens with one attached hydrogen (secondary N) is 1. The summed E-state index contributed by atoms with van der Waals surface area (Å²) in [7, 11) is 0. The number of hydrogen-bond acceptors (Lipinski definition) is 3. The Bertz CT molecular complexity index is 670. The van der Waals surface area contributed by atoms with Crippen molar-refractivity contribution >= 4 is 11.8 Å². The van der Waals surface area contributed by atoms with E-state index in [1.807, 2.05) is 35.2 Å². The van der Waals surface area contributed by atoms with Crippen LogP contribution >= 0.6 is 0 Å². The molecule has 0 unspecified atom stereocenters. The first-order valence-corrected chi connectivity index (χ1v) is 8.34. The molecule has 0 atom stereocenters. The fourth-order valence-corrected chi connectivity index (χ4v) is 2.97. The second-order valence-corrected chi connectivity index (χ2v) is 5.98. The topological polar surface area (TPSA) is 69.3 Å². The van der Waals surface area contributed by atoms with Crippen molar-refractivity contribution in [1.29, 1.82) is 0 Å². The summed E-state index contributed by atoms with van der Waals surface area (Å²) in [5, 5.41) is 6.53. The molecule has 1 aliphatic heterocycles. The van der Waals surface area contributed by atoms with Crippen LogP contribution in [0.25, 0.3) is 0 Å². The highest BCUT2D eigenvalue weighted by Crippen LogP contribution is 2.10. The molecule has 1 saturated heterocycles. The van der Waals surface area contributed by atoms with Crippen molar-refractivity contribution in [3.8, 4) is 0 Å². The minimum Gasteiger partial charge on any atom is -0.341 e. The first-order chi connectivity index (χ1) is 11.7. The van der Waals surface area contributed by atoms with Gasteiger partial charge in [0, 0.05) is 38.8 Å². The van der Waals surface area contributed by atoms with Gasteiger partial charge in [0.1, 0.15) is 5.69 Å². The summed E-state index contributed by atoms with van der Waals surface area (Å²) >= 11 is 0. The van der Waals surface area contributed by atoms with Gasteiger partial charge >= 0.3 is 0 Å². The van der Waals surface area contributed by atoms with Crippen molar-refractivity contribution in [3.63, 3.8) is 0 Å². The molecule has 1 N–H and O–H groups in total. The maximum Gasteiger partial charge on any atom is 0.271 e. The Morgan fingerprint density at radius 3 is 2.50 bits per heavy atom. The number of amides is 2. The molecule has 6 heteroatoms. The lowest BCUT2D eigenvalue weighted by molar-refractivity contribution is -0.131. The summed E-state index contributed by atoms with van der Waals surface area (Å²) < 4.78 is 0. The third-order valence-electron chi connectivity index (χ3n) is 4.34. The number of aromatic nitrogens is 2. The number of benzene rings is 1. The number of carbonyl (C=O) groups is 2.